The summed E-state index contributed by atoms with van der Waals surface area (Å²) in [6.07, 6.45) is -1.22. The van der Waals surface area contributed by atoms with Crippen molar-refractivity contribution < 1.29 is 22.4 Å². The van der Waals surface area contributed by atoms with Crippen molar-refractivity contribution in [2.75, 3.05) is 57.3 Å². The van der Waals surface area contributed by atoms with E-state index in [0.29, 0.717) is 37.3 Å². The normalized spacial score (nSPS) is 20.2. The third kappa shape index (κ3) is 6.40. The molecule has 1 aromatic carbocycles. The van der Waals surface area contributed by atoms with Crippen LogP contribution in [-0.4, -0.2) is 67.9 Å². The van der Waals surface area contributed by atoms with Crippen molar-refractivity contribution in [2.24, 2.45) is 5.92 Å². The molecule has 0 N–H and O–H groups in total. The van der Waals surface area contributed by atoms with Crippen LogP contribution in [0.25, 0.3) is 0 Å². The van der Waals surface area contributed by atoms with Gasteiger partial charge < -0.3 is 4.90 Å². The van der Waals surface area contributed by atoms with Crippen molar-refractivity contribution in [1.82, 2.24) is 9.80 Å². The summed E-state index contributed by atoms with van der Waals surface area (Å²) in [4.78, 5) is 17.6. The molecule has 2 heterocycles. The van der Waals surface area contributed by atoms with Gasteiger partial charge in [0.1, 0.15) is 11.6 Å². The van der Waals surface area contributed by atoms with Crippen molar-refractivity contribution in [2.45, 2.75) is 32.4 Å². The molecule has 0 saturated carbocycles. The number of Topliss-reactive ketones (excluding diaryl/α,β-unsaturated/α-hetero) is 1. The Bertz CT molecular complexity index is 694. The molecule has 0 aliphatic carbocycles. The zero-order valence-corrected chi connectivity index (χ0v) is 16.8. The highest BCUT2D eigenvalue weighted by Crippen LogP contribution is 2.33. The van der Waals surface area contributed by atoms with Crippen LogP contribution in [0, 0.1) is 11.7 Å². The van der Waals surface area contributed by atoms with Gasteiger partial charge in [-0.05, 0) is 69.9 Å². The van der Waals surface area contributed by atoms with Crippen LogP contribution in [0.5, 0.6) is 0 Å². The van der Waals surface area contributed by atoms with Gasteiger partial charge in [-0.2, -0.15) is 13.2 Å². The first-order valence-corrected chi connectivity index (χ1v) is 10.3. The lowest BCUT2D eigenvalue weighted by molar-refractivity contribution is -0.137. The summed E-state index contributed by atoms with van der Waals surface area (Å²) >= 11 is 0. The summed E-state index contributed by atoms with van der Waals surface area (Å²) in [6.45, 7) is 7.81. The number of nitrogens with zero attached hydrogens (tertiary/aromatic N) is 3. The molecule has 0 spiro atoms. The van der Waals surface area contributed by atoms with E-state index < -0.39 is 17.6 Å². The average molecular weight is 415 g/mol. The Balaban J connectivity index is 1.43. The third-order valence-electron chi connectivity index (χ3n) is 5.95. The maximum Gasteiger partial charge on any atom is 0.416 e. The lowest BCUT2D eigenvalue weighted by atomic mass is 9.93. The topological polar surface area (TPSA) is 26.8 Å². The summed E-state index contributed by atoms with van der Waals surface area (Å²) < 4.78 is 52.4. The number of carbonyl (C=O) groups excluding carboxylic acids is 1. The van der Waals surface area contributed by atoms with E-state index in [9.17, 15) is 22.4 Å². The number of halogens is 4. The van der Waals surface area contributed by atoms with E-state index in [1.165, 1.54) is 6.07 Å². The van der Waals surface area contributed by atoms with Gasteiger partial charge in [0.25, 0.3) is 0 Å². The van der Waals surface area contributed by atoms with Gasteiger partial charge in [0.15, 0.2) is 0 Å². The Hall–Kier alpha value is -1.67. The lowest BCUT2D eigenvalue weighted by Gasteiger charge is -2.37. The van der Waals surface area contributed by atoms with Gasteiger partial charge in [-0.25, -0.2) is 4.39 Å². The molecule has 0 atom stereocenters. The second kappa shape index (κ2) is 9.43. The summed E-state index contributed by atoms with van der Waals surface area (Å²) in [5, 5.41) is 0. The maximum absolute atomic E-state index is 13.7. The molecule has 1 aromatic rings. The fourth-order valence-corrected chi connectivity index (χ4v) is 4.26. The summed E-state index contributed by atoms with van der Waals surface area (Å²) in [6, 6.07) is 2.76. The monoisotopic (exact) mass is 415 g/mol. The number of hydrogen-bond acceptors (Lipinski definition) is 4. The summed E-state index contributed by atoms with van der Waals surface area (Å²) in [7, 11) is 0. The van der Waals surface area contributed by atoms with Crippen LogP contribution in [0.2, 0.25) is 0 Å². The molecule has 8 heteroatoms. The molecule has 2 fully saturated rings. The number of carbonyl (C=O) groups is 1. The molecule has 29 heavy (non-hydrogen) atoms. The van der Waals surface area contributed by atoms with Crippen LogP contribution in [0.1, 0.15) is 31.7 Å². The number of piperidine rings is 1. The Kier molecular flexibility index (Phi) is 7.16. The second-order valence-corrected chi connectivity index (χ2v) is 8.23. The first-order valence-electron chi connectivity index (χ1n) is 10.3. The number of piperazine rings is 1. The van der Waals surface area contributed by atoms with E-state index in [-0.39, 0.29) is 5.78 Å². The number of hydrogen-bond donors (Lipinski definition) is 0. The van der Waals surface area contributed by atoms with Gasteiger partial charge in [0.2, 0.25) is 0 Å². The highest BCUT2D eigenvalue weighted by molar-refractivity contribution is 5.77. The van der Waals surface area contributed by atoms with Gasteiger partial charge in [0, 0.05) is 31.9 Å². The van der Waals surface area contributed by atoms with Crippen LogP contribution in [0.15, 0.2) is 18.2 Å². The molecule has 0 aromatic heterocycles. The second-order valence-electron chi connectivity index (χ2n) is 8.23. The van der Waals surface area contributed by atoms with Gasteiger partial charge >= 0.3 is 6.18 Å². The Morgan fingerprint density at radius 2 is 1.66 bits per heavy atom. The minimum Gasteiger partial charge on any atom is -0.369 e. The van der Waals surface area contributed by atoms with Crippen LogP contribution < -0.4 is 4.90 Å². The number of rotatable bonds is 6. The molecule has 0 radical (unpaired) electrons. The van der Waals surface area contributed by atoms with E-state index in [1.807, 2.05) is 4.90 Å². The van der Waals surface area contributed by atoms with Crippen LogP contribution >= 0.6 is 0 Å². The van der Waals surface area contributed by atoms with Gasteiger partial charge in [-0.3, -0.25) is 14.6 Å². The van der Waals surface area contributed by atoms with Crippen LogP contribution in [0.4, 0.5) is 23.2 Å². The fraction of sp³-hybridized carbons (Fsp3) is 0.667. The number of benzene rings is 1. The van der Waals surface area contributed by atoms with Gasteiger partial charge in [-0.15, -0.1) is 0 Å². The molecule has 0 unspecified atom stereocenters. The minimum atomic E-state index is -4.54. The Morgan fingerprint density at radius 1 is 1.00 bits per heavy atom. The van der Waals surface area contributed by atoms with Crippen LogP contribution in [0.3, 0.4) is 0 Å². The van der Waals surface area contributed by atoms with Gasteiger partial charge in [-0.1, -0.05) is 0 Å². The summed E-state index contributed by atoms with van der Waals surface area (Å²) in [5.74, 6) is 0.0177. The Labute approximate surface area is 169 Å². The van der Waals surface area contributed by atoms with Crippen molar-refractivity contribution in [1.29, 1.82) is 0 Å². The molecular weight excluding hydrogens is 386 g/mol. The molecule has 162 valence electrons. The predicted molar refractivity (Wildman–Crippen MR) is 105 cm³/mol. The maximum atomic E-state index is 13.7. The van der Waals surface area contributed by atoms with E-state index in [0.717, 1.165) is 58.1 Å². The first kappa shape index (κ1) is 22.0. The molecule has 0 amide bonds. The average Bonchev–Trinajstić information content (AvgIpc) is 2.66. The van der Waals surface area contributed by atoms with Crippen molar-refractivity contribution in [3.8, 4) is 0 Å². The highest BCUT2D eigenvalue weighted by atomic mass is 19.4. The van der Waals surface area contributed by atoms with Gasteiger partial charge in [0.05, 0.1) is 12.1 Å². The SMILES string of the molecule is CC(=O)CN1CCC(CCN2CCN(c3cc(F)cc(C(F)(F)F)c3)CC2)CC1. The van der Waals surface area contributed by atoms with Crippen molar-refractivity contribution in [3.63, 3.8) is 0 Å². The molecule has 3 rings (SSSR count). The fourth-order valence-electron chi connectivity index (χ4n) is 4.26. The minimum absolute atomic E-state index is 0.210. The molecule has 4 nitrogen and oxygen atoms in total. The highest BCUT2D eigenvalue weighted by Gasteiger charge is 2.32. The van der Waals surface area contributed by atoms with E-state index in [2.05, 4.69) is 9.80 Å². The number of likely N-dealkylation sites (tertiary alicyclic amines) is 1. The summed E-state index contributed by atoms with van der Waals surface area (Å²) in [5.41, 5.74) is -0.638. The number of alkyl halides is 3. The Morgan fingerprint density at radius 3 is 2.24 bits per heavy atom. The van der Waals surface area contributed by atoms with E-state index >= 15 is 0 Å². The van der Waals surface area contributed by atoms with E-state index in [1.54, 1.807) is 6.92 Å². The van der Waals surface area contributed by atoms with Crippen LogP contribution in [-0.2, 0) is 11.0 Å². The lowest BCUT2D eigenvalue weighted by Crippen LogP contribution is -2.47. The standard InChI is InChI=1S/C21H29F4N3O/c1-16(29)15-27-6-3-17(4-7-27)2-5-26-8-10-28(11-9-26)20-13-18(21(23,24)25)12-19(22)14-20/h12-14,17H,2-11,15H2,1H3. The smallest absolute Gasteiger partial charge is 0.369 e. The van der Waals surface area contributed by atoms with E-state index in [4.69, 9.17) is 0 Å². The molecular formula is C21H29F4N3O. The van der Waals surface area contributed by atoms with Crippen molar-refractivity contribution in [3.05, 3.63) is 29.6 Å². The zero-order chi connectivity index (χ0) is 21.0. The largest absolute Gasteiger partial charge is 0.416 e. The molecule has 2 saturated heterocycles. The third-order valence-corrected chi connectivity index (χ3v) is 5.95. The predicted octanol–water partition coefficient (Wildman–Crippen LogP) is 3.66. The van der Waals surface area contributed by atoms with Crippen molar-refractivity contribution >= 4 is 11.5 Å². The first-order chi connectivity index (χ1) is 13.7. The zero-order valence-electron chi connectivity index (χ0n) is 16.8. The molecule has 0 bridgehead atoms. The number of anilines is 1. The number of ketones is 1. The molecule has 2 aliphatic rings. The molecule has 2 aliphatic heterocycles. The quantitative estimate of drug-likeness (QED) is 0.663.